The third-order valence-corrected chi connectivity index (χ3v) is 1.93. The molecule has 0 heterocycles. The van der Waals surface area contributed by atoms with Crippen molar-refractivity contribution < 1.29 is 23.9 Å². The van der Waals surface area contributed by atoms with Gasteiger partial charge >= 0.3 is 11.9 Å². The van der Waals surface area contributed by atoms with Crippen molar-refractivity contribution in [3.63, 3.8) is 0 Å². The first-order valence-electron chi connectivity index (χ1n) is 5.97. The number of amides is 1. The normalized spacial score (nSPS) is 10.6. The SMILES string of the molecule is CCCC=CC(=O)NCCOC(=O)/C=C/C(=O)OC. The Morgan fingerprint density at radius 3 is 2.42 bits per heavy atom. The van der Waals surface area contributed by atoms with Crippen molar-refractivity contribution in [2.45, 2.75) is 19.8 Å². The summed E-state index contributed by atoms with van der Waals surface area (Å²) in [6.07, 6.45) is 6.99. The Kier molecular flexibility index (Phi) is 9.79. The molecule has 0 rings (SSSR count). The van der Waals surface area contributed by atoms with Crippen LogP contribution >= 0.6 is 0 Å². The van der Waals surface area contributed by atoms with E-state index in [0.717, 1.165) is 25.0 Å². The van der Waals surface area contributed by atoms with E-state index in [1.165, 1.54) is 13.2 Å². The molecule has 0 saturated heterocycles. The van der Waals surface area contributed by atoms with Gasteiger partial charge in [0.2, 0.25) is 5.91 Å². The summed E-state index contributed by atoms with van der Waals surface area (Å²) < 4.78 is 9.05. The van der Waals surface area contributed by atoms with Crippen molar-refractivity contribution in [3.8, 4) is 0 Å². The number of hydrogen-bond donors (Lipinski definition) is 1. The van der Waals surface area contributed by atoms with Gasteiger partial charge in [0.25, 0.3) is 0 Å². The zero-order valence-electron chi connectivity index (χ0n) is 11.2. The van der Waals surface area contributed by atoms with Gasteiger partial charge in [0, 0.05) is 12.2 Å². The summed E-state index contributed by atoms with van der Waals surface area (Å²) in [6.45, 7) is 2.27. The van der Waals surface area contributed by atoms with Crippen LogP contribution in [0.1, 0.15) is 19.8 Å². The molecule has 0 aromatic heterocycles. The number of esters is 2. The molecule has 0 aromatic rings. The summed E-state index contributed by atoms with van der Waals surface area (Å²) in [7, 11) is 1.21. The molecule has 0 aliphatic carbocycles. The van der Waals surface area contributed by atoms with Crippen LogP contribution < -0.4 is 5.32 Å². The van der Waals surface area contributed by atoms with Crippen LogP contribution in [0.3, 0.4) is 0 Å². The van der Waals surface area contributed by atoms with E-state index >= 15 is 0 Å². The van der Waals surface area contributed by atoms with Gasteiger partial charge in [0.1, 0.15) is 6.61 Å². The molecule has 0 atom stereocenters. The minimum absolute atomic E-state index is 0.0394. The molecule has 0 aliphatic rings. The van der Waals surface area contributed by atoms with Crippen LogP contribution in [0.5, 0.6) is 0 Å². The highest BCUT2D eigenvalue weighted by molar-refractivity contribution is 5.91. The molecule has 0 aliphatic heterocycles. The highest BCUT2D eigenvalue weighted by Crippen LogP contribution is 1.88. The minimum Gasteiger partial charge on any atom is -0.466 e. The number of nitrogens with one attached hydrogen (secondary N) is 1. The molecular weight excluding hydrogens is 250 g/mol. The van der Waals surface area contributed by atoms with E-state index in [-0.39, 0.29) is 19.1 Å². The van der Waals surface area contributed by atoms with Crippen LogP contribution in [0.25, 0.3) is 0 Å². The molecule has 1 amide bonds. The summed E-state index contributed by atoms with van der Waals surface area (Å²) in [5, 5.41) is 2.55. The van der Waals surface area contributed by atoms with E-state index in [9.17, 15) is 14.4 Å². The fourth-order valence-electron chi connectivity index (χ4n) is 0.994. The van der Waals surface area contributed by atoms with Crippen LogP contribution in [0.4, 0.5) is 0 Å². The van der Waals surface area contributed by atoms with Gasteiger partial charge < -0.3 is 14.8 Å². The van der Waals surface area contributed by atoms with E-state index in [1.807, 2.05) is 6.92 Å². The second kappa shape index (κ2) is 11.0. The number of carbonyl (C=O) groups excluding carboxylic acids is 3. The second-order valence-electron chi connectivity index (χ2n) is 3.51. The minimum atomic E-state index is -0.666. The van der Waals surface area contributed by atoms with Crippen LogP contribution in [-0.2, 0) is 23.9 Å². The van der Waals surface area contributed by atoms with Gasteiger partial charge in [-0.1, -0.05) is 19.4 Å². The molecule has 6 heteroatoms. The summed E-state index contributed by atoms with van der Waals surface area (Å²) in [4.78, 5) is 33.0. The van der Waals surface area contributed by atoms with Gasteiger partial charge in [0.05, 0.1) is 13.7 Å². The Hall–Kier alpha value is -2.11. The average Bonchev–Trinajstić information content (AvgIpc) is 2.41. The fourth-order valence-corrected chi connectivity index (χ4v) is 0.994. The first kappa shape index (κ1) is 16.9. The maximum Gasteiger partial charge on any atom is 0.331 e. The molecule has 1 N–H and O–H groups in total. The Bertz CT molecular complexity index is 360. The van der Waals surface area contributed by atoms with Crippen molar-refractivity contribution in [2.75, 3.05) is 20.3 Å². The predicted molar refractivity (Wildman–Crippen MR) is 69.2 cm³/mol. The maximum atomic E-state index is 11.2. The Morgan fingerprint density at radius 1 is 1.11 bits per heavy atom. The lowest BCUT2D eigenvalue weighted by molar-refractivity contribution is -0.139. The maximum absolute atomic E-state index is 11.2. The summed E-state index contributed by atoms with van der Waals surface area (Å²) in [6, 6.07) is 0. The molecule has 0 unspecified atom stereocenters. The number of rotatable bonds is 8. The summed E-state index contributed by atoms with van der Waals surface area (Å²) in [5.41, 5.74) is 0. The molecule has 6 nitrogen and oxygen atoms in total. The van der Waals surface area contributed by atoms with Crippen molar-refractivity contribution in [3.05, 3.63) is 24.3 Å². The fraction of sp³-hybridized carbons (Fsp3) is 0.462. The van der Waals surface area contributed by atoms with Crippen LogP contribution in [0, 0.1) is 0 Å². The lowest BCUT2D eigenvalue weighted by Gasteiger charge is -2.02. The lowest BCUT2D eigenvalue weighted by Crippen LogP contribution is -2.26. The monoisotopic (exact) mass is 269 g/mol. The molecule has 0 saturated carbocycles. The van der Waals surface area contributed by atoms with Gasteiger partial charge in [-0.05, 0) is 12.5 Å². The number of carbonyl (C=O) groups is 3. The predicted octanol–water partition coefficient (Wildman–Crippen LogP) is 0.731. The second-order valence-corrected chi connectivity index (χ2v) is 3.51. The van der Waals surface area contributed by atoms with Crippen molar-refractivity contribution in [1.82, 2.24) is 5.32 Å². The number of ether oxygens (including phenoxy) is 2. The van der Waals surface area contributed by atoms with E-state index in [1.54, 1.807) is 6.08 Å². The molecule has 0 spiro atoms. The molecule has 0 aromatic carbocycles. The largest absolute Gasteiger partial charge is 0.466 e. The number of hydrogen-bond acceptors (Lipinski definition) is 5. The van der Waals surface area contributed by atoms with Crippen LogP contribution in [0.2, 0.25) is 0 Å². The van der Waals surface area contributed by atoms with E-state index in [4.69, 9.17) is 4.74 Å². The van der Waals surface area contributed by atoms with Crippen molar-refractivity contribution in [1.29, 1.82) is 0 Å². The van der Waals surface area contributed by atoms with Crippen LogP contribution in [0.15, 0.2) is 24.3 Å². The molecular formula is C13H19NO5. The highest BCUT2D eigenvalue weighted by atomic mass is 16.5. The van der Waals surface area contributed by atoms with Crippen LogP contribution in [-0.4, -0.2) is 38.1 Å². The first-order valence-corrected chi connectivity index (χ1v) is 5.97. The Morgan fingerprint density at radius 2 is 1.79 bits per heavy atom. The number of methoxy groups -OCH3 is 1. The van der Waals surface area contributed by atoms with Crippen molar-refractivity contribution >= 4 is 17.8 Å². The molecule has 106 valence electrons. The Labute approximate surface area is 112 Å². The van der Waals surface area contributed by atoms with E-state index in [0.29, 0.717) is 0 Å². The van der Waals surface area contributed by atoms with E-state index in [2.05, 4.69) is 10.1 Å². The average molecular weight is 269 g/mol. The standard InChI is InChI=1S/C13H19NO5/c1-3-4-5-6-11(15)14-9-10-19-13(17)8-7-12(16)18-2/h5-8H,3-4,9-10H2,1-2H3,(H,14,15)/b6-5?,8-7+. The Balaban J connectivity index is 3.69. The third kappa shape index (κ3) is 10.7. The third-order valence-electron chi connectivity index (χ3n) is 1.93. The molecule has 0 radical (unpaired) electrons. The number of allylic oxidation sites excluding steroid dienone is 1. The van der Waals surface area contributed by atoms with Gasteiger partial charge in [-0.25, -0.2) is 9.59 Å². The van der Waals surface area contributed by atoms with Gasteiger partial charge in [-0.3, -0.25) is 4.79 Å². The summed E-state index contributed by atoms with van der Waals surface area (Å²) in [5.74, 6) is -1.53. The summed E-state index contributed by atoms with van der Waals surface area (Å²) >= 11 is 0. The highest BCUT2D eigenvalue weighted by Gasteiger charge is 2.00. The van der Waals surface area contributed by atoms with Crippen molar-refractivity contribution in [2.24, 2.45) is 0 Å². The van der Waals surface area contributed by atoms with Gasteiger partial charge in [-0.15, -0.1) is 0 Å². The van der Waals surface area contributed by atoms with Gasteiger partial charge in [0.15, 0.2) is 0 Å². The zero-order chi connectivity index (χ0) is 14.5. The van der Waals surface area contributed by atoms with E-state index < -0.39 is 11.9 Å². The first-order chi connectivity index (χ1) is 9.10. The quantitative estimate of drug-likeness (QED) is 0.399. The zero-order valence-corrected chi connectivity index (χ0v) is 11.2. The number of unbranched alkanes of at least 4 members (excludes halogenated alkanes) is 1. The molecule has 19 heavy (non-hydrogen) atoms. The molecule has 0 fully saturated rings. The lowest BCUT2D eigenvalue weighted by atomic mass is 10.3. The smallest absolute Gasteiger partial charge is 0.331 e. The topological polar surface area (TPSA) is 81.7 Å². The van der Waals surface area contributed by atoms with Gasteiger partial charge in [-0.2, -0.15) is 0 Å². The molecule has 0 bridgehead atoms.